The minimum atomic E-state index is -0.893. The molecule has 0 radical (unpaired) electrons. The summed E-state index contributed by atoms with van der Waals surface area (Å²) in [5, 5.41) is 36.8. The zero-order chi connectivity index (χ0) is 31.5. The van der Waals surface area contributed by atoms with Crippen LogP contribution in [0.3, 0.4) is 0 Å². The molecule has 0 amide bonds. The van der Waals surface area contributed by atoms with Crippen LogP contribution < -0.4 is 5.32 Å². The van der Waals surface area contributed by atoms with E-state index in [1.807, 2.05) is 49.5 Å². The first kappa shape index (κ1) is 34.3. The predicted octanol–water partition coefficient (Wildman–Crippen LogP) is 6.49. The molecule has 7 nitrogen and oxygen atoms in total. The van der Waals surface area contributed by atoms with Crippen molar-refractivity contribution in [1.82, 2.24) is 5.32 Å². The van der Waals surface area contributed by atoms with Crippen molar-refractivity contribution >= 4 is 41.3 Å². The molecule has 4 N–H and O–H groups in total. The van der Waals surface area contributed by atoms with Crippen LogP contribution in [0.25, 0.3) is 0 Å². The third-order valence-corrected chi connectivity index (χ3v) is 15.9. The van der Waals surface area contributed by atoms with Gasteiger partial charge in [0, 0.05) is 16.4 Å². The molecule has 6 aliphatic rings. The SMILES string of the molecule is CCC(O)C1CCC(C(=O)OC2=CC=C(OC(O)C3CCC(C(O)CC)CC3)C3SC(C4CC=C(C5CCCS5)S4)NC23)CC1. The van der Waals surface area contributed by atoms with E-state index in [1.54, 1.807) is 0 Å². The number of thioether (sulfide) groups is 3. The van der Waals surface area contributed by atoms with Crippen molar-refractivity contribution in [2.24, 2.45) is 23.7 Å². The minimum Gasteiger partial charge on any atom is -0.468 e. The van der Waals surface area contributed by atoms with E-state index in [1.165, 1.54) is 23.5 Å². The molecule has 0 aromatic heterocycles. The molecule has 4 fully saturated rings. The summed E-state index contributed by atoms with van der Waals surface area (Å²) in [4.78, 5) is 14.9. The van der Waals surface area contributed by atoms with Gasteiger partial charge < -0.3 is 24.8 Å². The second-order valence-electron chi connectivity index (χ2n) is 13.9. The summed E-state index contributed by atoms with van der Waals surface area (Å²) >= 11 is 5.94. The molecule has 3 aliphatic heterocycles. The Morgan fingerprint density at radius 3 is 2.20 bits per heavy atom. The van der Waals surface area contributed by atoms with E-state index in [-0.39, 0.29) is 52.6 Å². The Bertz CT molecular complexity index is 1110. The number of carbonyl (C=O) groups excluding carboxylic acids is 1. The van der Waals surface area contributed by atoms with Crippen LogP contribution in [0.5, 0.6) is 0 Å². The van der Waals surface area contributed by atoms with Crippen LogP contribution in [-0.2, 0) is 14.3 Å². The molecule has 8 unspecified atom stereocenters. The van der Waals surface area contributed by atoms with Crippen molar-refractivity contribution in [3.8, 4) is 0 Å². The summed E-state index contributed by atoms with van der Waals surface area (Å²) in [6.07, 6.45) is 16.7. The maximum atomic E-state index is 13.4. The lowest BCUT2D eigenvalue weighted by molar-refractivity contribution is -0.147. The predicted molar refractivity (Wildman–Crippen MR) is 184 cm³/mol. The van der Waals surface area contributed by atoms with E-state index in [2.05, 4.69) is 23.2 Å². The lowest BCUT2D eigenvalue weighted by Crippen LogP contribution is -2.42. The van der Waals surface area contributed by atoms with Crippen molar-refractivity contribution in [1.29, 1.82) is 0 Å². The molecule has 45 heavy (non-hydrogen) atoms. The van der Waals surface area contributed by atoms with E-state index in [0.29, 0.717) is 22.2 Å². The molecule has 6 rings (SSSR count). The molecule has 2 saturated carbocycles. The van der Waals surface area contributed by atoms with Crippen LogP contribution >= 0.6 is 35.3 Å². The summed E-state index contributed by atoms with van der Waals surface area (Å²) in [6.45, 7) is 4.04. The van der Waals surface area contributed by atoms with Gasteiger partial charge in [0.15, 0.2) is 6.29 Å². The number of rotatable bonds is 11. The fraction of sp³-hybridized carbons (Fsp3) is 0.800. The highest BCUT2D eigenvalue weighted by molar-refractivity contribution is 8.08. The molecule has 2 saturated heterocycles. The Morgan fingerprint density at radius 1 is 0.911 bits per heavy atom. The number of aliphatic hydroxyl groups is 3. The Hall–Kier alpha value is -0.620. The maximum Gasteiger partial charge on any atom is 0.314 e. The normalized spacial score (nSPS) is 38.9. The highest BCUT2D eigenvalue weighted by atomic mass is 32.2. The third kappa shape index (κ3) is 8.00. The lowest BCUT2D eigenvalue weighted by Gasteiger charge is -2.35. The molecule has 10 heteroatoms. The third-order valence-electron chi connectivity index (χ3n) is 11.1. The van der Waals surface area contributed by atoms with Gasteiger partial charge in [0.05, 0.1) is 34.8 Å². The van der Waals surface area contributed by atoms with Gasteiger partial charge in [-0.05, 0) is 118 Å². The van der Waals surface area contributed by atoms with Gasteiger partial charge in [0.2, 0.25) is 0 Å². The molecule has 3 aliphatic carbocycles. The number of fused-ring (bicyclic) bond motifs is 1. The lowest BCUT2D eigenvalue weighted by atomic mass is 9.78. The molecule has 3 heterocycles. The molecule has 252 valence electrons. The number of hydrogen-bond donors (Lipinski definition) is 4. The number of hydrogen-bond acceptors (Lipinski definition) is 10. The smallest absolute Gasteiger partial charge is 0.314 e. The molecule has 0 spiro atoms. The molecule has 0 aromatic carbocycles. The van der Waals surface area contributed by atoms with Crippen molar-refractivity contribution in [2.75, 3.05) is 5.75 Å². The van der Waals surface area contributed by atoms with Crippen LogP contribution in [0.15, 0.2) is 34.7 Å². The van der Waals surface area contributed by atoms with Gasteiger partial charge in [-0.1, -0.05) is 19.9 Å². The van der Waals surface area contributed by atoms with E-state index in [4.69, 9.17) is 9.47 Å². The van der Waals surface area contributed by atoms with E-state index in [9.17, 15) is 20.1 Å². The highest BCUT2D eigenvalue weighted by Crippen LogP contribution is 2.50. The quantitative estimate of drug-likeness (QED) is 0.143. The Morgan fingerprint density at radius 2 is 1.56 bits per heavy atom. The molecule has 0 bridgehead atoms. The van der Waals surface area contributed by atoms with Gasteiger partial charge in [0.1, 0.15) is 11.5 Å². The van der Waals surface area contributed by atoms with Crippen molar-refractivity contribution in [3.63, 3.8) is 0 Å². The van der Waals surface area contributed by atoms with Crippen molar-refractivity contribution < 1.29 is 29.6 Å². The number of ether oxygens (including phenoxy) is 2. The Kier molecular flexibility index (Phi) is 12.0. The molecular weight excluding hydrogens is 627 g/mol. The maximum absolute atomic E-state index is 13.4. The van der Waals surface area contributed by atoms with E-state index in [0.717, 1.165) is 76.4 Å². The molecule has 8 atom stereocenters. The zero-order valence-corrected chi connectivity index (χ0v) is 29.3. The second-order valence-corrected chi connectivity index (χ2v) is 17.8. The van der Waals surface area contributed by atoms with Gasteiger partial charge >= 0.3 is 5.97 Å². The fourth-order valence-corrected chi connectivity index (χ4v) is 12.7. The highest BCUT2D eigenvalue weighted by Gasteiger charge is 2.47. The monoisotopic (exact) mass is 679 g/mol. The van der Waals surface area contributed by atoms with Gasteiger partial charge in [-0.15, -0.1) is 23.5 Å². The average molecular weight is 680 g/mol. The largest absolute Gasteiger partial charge is 0.468 e. The van der Waals surface area contributed by atoms with Crippen LogP contribution in [0.2, 0.25) is 0 Å². The van der Waals surface area contributed by atoms with Gasteiger partial charge in [-0.25, -0.2) is 0 Å². The molecular formula is C35H53NO6S3. The van der Waals surface area contributed by atoms with Crippen molar-refractivity contribution in [2.45, 2.75) is 143 Å². The van der Waals surface area contributed by atoms with E-state index >= 15 is 0 Å². The summed E-state index contributed by atoms with van der Waals surface area (Å²) in [5.41, 5.74) is 0. The van der Waals surface area contributed by atoms with Gasteiger partial charge in [-0.2, -0.15) is 11.8 Å². The first-order valence-corrected chi connectivity index (χ1v) is 20.5. The summed E-state index contributed by atoms with van der Waals surface area (Å²) in [7, 11) is 0. The summed E-state index contributed by atoms with van der Waals surface area (Å²) < 4.78 is 12.5. The fourth-order valence-electron chi connectivity index (χ4n) is 8.12. The number of nitrogens with one attached hydrogen (secondary N) is 1. The van der Waals surface area contributed by atoms with Crippen LogP contribution in [0.1, 0.15) is 97.3 Å². The van der Waals surface area contributed by atoms with Gasteiger partial charge in [0.25, 0.3) is 0 Å². The van der Waals surface area contributed by atoms with Crippen LogP contribution in [-0.4, -0.2) is 72.7 Å². The first-order valence-electron chi connectivity index (χ1n) is 17.6. The average Bonchev–Trinajstić information content (AvgIpc) is 3.86. The Labute approximate surface area is 282 Å². The van der Waals surface area contributed by atoms with Gasteiger partial charge in [-0.3, -0.25) is 10.1 Å². The minimum absolute atomic E-state index is 0.0467. The summed E-state index contributed by atoms with van der Waals surface area (Å²) in [5.74, 6) is 2.98. The standard InChI is InChI=1S/C35H53NO6S3/c1-3-24(37)20-7-11-22(12-8-20)34(39)41-26-15-16-27(42-35(40)23-13-9-21(10-14-23)25(38)4-2)32-31(26)36-33(45-32)30-18-17-29(44-30)28-6-5-19-43-28/h15-17,20-25,28,30-33,35-38,40H,3-14,18-19H2,1-2H3. The topological polar surface area (TPSA) is 108 Å². The number of aliphatic hydroxyl groups excluding tert-OH is 3. The number of carbonyl (C=O) groups is 1. The Balaban J connectivity index is 1.11. The number of allylic oxidation sites excluding steroid dienone is 3. The first-order chi connectivity index (χ1) is 21.8. The van der Waals surface area contributed by atoms with Crippen LogP contribution in [0.4, 0.5) is 0 Å². The van der Waals surface area contributed by atoms with Crippen LogP contribution in [0, 0.1) is 23.7 Å². The second kappa shape index (κ2) is 15.7. The van der Waals surface area contributed by atoms with E-state index < -0.39 is 6.29 Å². The van der Waals surface area contributed by atoms with Crippen molar-refractivity contribution in [3.05, 3.63) is 34.7 Å². The number of esters is 1. The summed E-state index contributed by atoms with van der Waals surface area (Å²) in [6, 6.07) is -0.199. The molecule has 0 aromatic rings. The zero-order valence-electron chi connectivity index (χ0n) is 26.9.